The van der Waals surface area contributed by atoms with Gasteiger partial charge < -0.3 is 15.1 Å². The Morgan fingerprint density at radius 2 is 1.63 bits per heavy atom. The van der Waals surface area contributed by atoms with Crippen LogP contribution in [0.2, 0.25) is 0 Å². The van der Waals surface area contributed by atoms with Gasteiger partial charge in [-0.25, -0.2) is 0 Å². The van der Waals surface area contributed by atoms with Crippen molar-refractivity contribution in [3.8, 4) is 0 Å². The largest absolute Gasteiger partial charge is 0.336 e. The lowest BCUT2D eigenvalue weighted by Crippen LogP contribution is -2.39. The van der Waals surface area contributed by atoms with Crippen molar-refractivity contribution in [1.82, 2.24) is 4.90 Å². The highest BCUT2D eigenvalue weighted by molar-refractivity contribution is 6.02. The van der Waals surface area contributed by atoms with Crippen LogP contribution in [0.25, 0.3) is 0 Å². The van der Waals surface area contributed by atoms with Crippen molar-refractivity contribution in [2.45, 2.75) is 34.1 Å². The van der Waals surface area contributed by atoms with Crippen molar-refractivity contribution in [3.63, 3.8) is 0 Å². The van der Waals surface area contributed by atoms with E-state index in [9.17, 15) is 14.4 Å². The summed E-state index contributed by atoms with van der Waals surface area (Å²) in [6, 6.07) is 11.6. The molecular weight excluding hydrogens is 378 g/mol. The molecule has 0 saturated carbocycles. The smallest absolute Gasteiger partial charge is 0.243 e. The fourth-order valence-electron chi connectivity index (χ4n) is 3.93. The standard InChI is InChI=1S/C24H29N3O3/c1-15-8-7-11-20(18(15)4)27-13-19(12-22(27)29)24(30)26(5)14-21(28)25-23-16(2)9-6-10-17(23)3/h6-11,19H,12-14H2,1-5H3,(H,25,28). The lowest BCUT2D eigenvalue weighted by Gasteiger charge is -2.22. The average Bonchev–Trinajstić information content (AvgIpc) is 3.07. The molecule has 0 bridgehead atoms. The monoisotopic (exact) mass is 407 g/mol. The van der Waals surface area contributed by atoms with E-state index in [4.69, 9.17) is 0 Å². The lowest BCUT2D eigenvalue weighted by molar-refractivity contribution is -0.137. The molecule has 6 heteroatoms. The van der Waals surface area contributed by atoms with E-state index in [1.165, 1.54) is 4.90 Å². The molecule has 158 valence electrons. The van der Waals surface area contributed by atoms with E-state index in [0.29, 0.717) is 6.54 Å². The van der Waals surface area contributed by atoms with E-state index < -0.39 is 5.92 Å². The van der Waals surface area contributed by atoms with Crippen LogP contribution < -0.4 is 10.2 Å². The molecule has 1 heterocycles. The summed E-state index contributed by atoms with van der Waals surface area (Å²) in [6.07, 6.45) is 0.162. The number of amides is 3. The van der Waals surface area contributed by atoms with E-state index >= 15 is 0 Å². The Labute approximate surface area is 177 Å². The molecule has 3 rings (SSSR count). The van der Waals surface area contributed by atoms with Crippen molar-refractivity contribution in [1.29, 1.82) is 0 Å². The van der Waals surface area contributed by atoms with Gasteiger partial charge in [-0.3, -0.25) is 14.4 Å². The third-order valence-corrected chi connectivity index (χ3v) is 5.84. The molecule has 3 amide bonds. The number of hydrogen-bond donors (Lipinski definition) is 1. The zero-order valence-corrected chi connectivity index (χ0v) is 18.3. The first-order chi connectivity index (χ1) is 14.2. The average molecular weight is 408 g/mol. The van der Waals surface area contributed by atoms with Gasteiger partial charge in [0.1, 0.15) is 0 Å². The molecule has 1 aliphatic heterocycles. The highest BCUT2D eigenvalue weighted by Gasteiger charge is 2.37. The fourth-order valence-corrected chi connectivity index (χ4v) is 3.93. The van der Waals surface area contributed by atoms with Gasteiger partial charge >= 0.3 is 0 Å². The lowest BCUT2D eigenvalue weighted by atomic mass is 10.1. The highest BCUT2D eigenvalue weighted by atomic mass is 16.2. The molecule has 0 aromatic heterocycles. The summed E-state index contributed by atoms with van der Waals surface area (Å²) in [4.78, 5) is 41.1. The van der Waals surface area contributed by atoms with E-state index in [-0.39, 0.29) is 30.7 Å². The number of rotatable bonds is 5. The Bertz CT molecular complexity index is 979. The van der Waals surface area contributed by atoms with Gasteiger partial charge in [0.2, 0.25) is 17.7 Å². The highest BCUT2D eigenvalue weighted by Crippen LogP contribution is 2.30. The van der Waals surface area contributed by atoms with Crippen molar-refractivity contribution >= 4 is 29.1 Å². The van der Waals surface area contributed by atoms with Crippen LogP contribution in [-0.4, -0.2) is 42.8 Å². The minimum Gasteiger partial charge on any atom is -0.336 e. The molecule has 2 aromatic carbocycles. The number of nitrogens with one attached hydrogen (secondary N) is 1. The number of aryl methyl sites for hydroxylation is 3. The first-order valence-corrected chi connectivity index (χ1v) is 10.2. The van der Waals surface area contributed by atoms with Crippen LogP contribution in [0.15, 0.2) is 36.4 Å². The second kappa shape index (κ2) is 8.69. The number of nitrogens with zero attached hydrogens (tertiary/aromatic N) is 2. The number of benzene rings is 2. The van der Waals surface area contributed by atoms with E-state index in [0.717, 1.165) is 33.6 Å². The molecule has 1 aliphatic rings. The third kappa shape index (κ3) is 4.37. The minimum atomic E-state index is -0.449. The van der Waals surface area contributed by atoms with Crippen molar-refractivity contribution in [3.05, 3.63) is 58.7 Å². The maximum absolute atomic E-state index is 12.9. The second-order valence-corrected chi connectivity index (χ2v) is 8.13. The van der Waals surface area contributed by atoms with Gasteiger partial charge in [0.05, 0.1) is 12.5 Å². The number of carbonyl (C=O) groups excluding carboxylic acids is 3. The molecule has 0 radical (unpaired) electrons. The Kier molecular flexibility index (Phi) is 6.25. The Morgan fingerprint density at radius 3 is 2.30 bits per heavy atom. The summed E-state index contributed by atoms with van der Waals surface area (Å²) in [5.41, 5.74) is 5.73. The molecule has 1 atom stereocenters. The summed E-state index contributed by atoms with van der Waals surface area (Å²) >= 11 is 0. The van der Waals surface area contributed by atoms with Crippen molar-refractivity contribution in [2.24, 2.45) is 5.92 Å². The zero-order chi connectivity index (χ0) is 22.0. The number of hydrogen-bond acceptors (Lipinski definition) is 3. The van der Waals surface area contributed by atoms with E-state index in [2.05, 4.69) is 5.32 Å². The molecule has 1 fully saturated rings. The van der Waals surface area contributed by atoms with Crippen LogP contribution in [0.5, 0.6) is 0 Å². The first-order valence-electron chi connectivity index (χ1n) is 10.2. The number of likely N-dealkylation sites (N-methyl/N-ethyl adjacent to an activating group) is 1. The molecule has 0 aliphatic carbocycles. The van der Waals surface area contributed by atoms with Gasteiger partial charge in [0.15, 0.2) is 0 Å². The maximum Gasteiger partial charge on any atom is 0.243 e. The predicted octanol–water partition coefficient (Wildman–Crippen LogP) is 3.37. The zero-order valence-electron chi connectivity index (χ0n) is 18.3. The number of para-hydroxylation sites is 1. The molecule has 2 aromatic rings. The SMILES string of the molecule is Cc1cccc(N2CC(C(=O)N(C)CC(=O)Nc3c(C)cccc3C)CC2=O)c1C. The Hall–Kier alpha value is -3.15. The summed E-state index contributed by atoms with van der Waals surface area (Å²) in [7, 11) is 1.61. The molecule has 1 saturated heterocycles. The minimum absolute atomic E-state index is 0.0548. The normalized spacial score (nSPS) is 16.0. The van der Waals surface area contributed by atoms with Gasteiger partial charge in [0.25, 0.3) is 0 Å². The van der Waals surface area contributed by atoms with Crippen LogP contribution in [0.1, 0.15) is 28.7 Å². The van der Waals surface area contributed by atoms with Gasteiger partial charge in [0, 0.05) is 31.4 Å². The van der Waals surface area contributed by atoms with Gasteiger partial charge in [-0.2, -0.15) is 0 Å². The third-order valence-electron chi connectivity index (χ3n) is 5.84. The predicted molar refractivity (Wildman–Crippen MR) is 119 cm³/mol. The van der Waals surface area contributed by atoms with Gasteiger partial charge in [-0.1, -0.05) is 30.3 Å². The second-order valence-electron chi connectivity index (χ2n) is 8.13. The molecule has 1 N–H and O–H groups in total. The topological polar surface area (TPSA) is 69.7 Å². The summed E-state index contributed by atoms with van der Waals surface area (Å²) in [5.74, 6) is -0.947. The van der Waals surface area contributed by atoms with Gasteiger partial charge in [-0.15, -0.1) is 0 Å². The fraction of sp³-hybridized carbons (Fsp3) is 0.375. The van der Waals surface area contributed by atoms with E-state index in [1.807, 2.05) is 64.1 Å². The molecule has 0 spiro atoms. The number of anilines is 2. The molecule has 6 nitrogen and oxygen atoms in total. The molecule has 30 heavy (non-hydrogen) atoms. The Morgan fingerprint density at radius 1 is 1.03 bits per heavy atom. The number of carbonyl (C=O) groups is 3. The van der Waals surface area contributed by atoms with Crippen molar-refractivity contribution < 1.29 is 14.4 Å². The Balaban J connectivity index is 1.64. The summed E-state index contributed by atoms with van der Waals surface area (Å²) in [5, 5.41) is 2.90. The molecular formula is C24H29N3O3. The van der Waals surface area contributed by atoms with Crippen LogP contribution >= 0.6 is 0 Å². The quantitative estimate of drug-likeness (QED) is 0.826. The molecule has 1 unspecified atom stereocenters. The van der Waals surface area contributed by atoms with E-state index in [1.54, 1.807) is 11.9 Å². The van der Waals surface area contributed by atoms with Crippen LogP contribution in [0.4, 0.5) is 11.4 Å². The summed E-state index contributed by atoms with van der Waals surface area (Å²) < 4.78 is 0. The maximum atomic E-state index is 12.9. The van der Waals surface area contributed by atoms with Crippen LogP contribution in [0.3, 0.4) is 0 Å². The van der Waals surface area contributed by atoms with Crippen molar-refractivity contribution in [2.75, 3.05) is 30.4 Å². The van der Waals surface area contributed by atoms with Crippen LogP contribution in [-0.2, 0) is 14.4 Å². The first kappa shape index (κ1) is 21.6. The summed E-state index contributed by atoms with van der Waals surface area (Å²) in [6.45, 7) is 8.14. The van der Waals surface area contributed by atoms with Crippen LogP contribution in [0, 0.1) is 33.6 Å². The van der Waals surface area contributed by atoms with Gasteiger partial charge in [-0.05, 0) is 56.0 Å².